The summed E-state index contributed by atoms with van der Waals surface area (Å²) >= 11 is 2.22. The highest BCUT2D eigenvalue weighted by molar-refractivity contribution is 7.91. The molecule has 8 rings (SSSR count). The van der Waals surface area contributed by atoms with Crippen LogP contribution in [0.2, 0.25) is 0 Å². The first-order valence-corrected chi connectivity index (χ1v) is 27.5. The highest BCUT2D eigenvalue weighted by atomic mass is 32.3. The molecule has 2 amide bonds. The van der Waals surface area contributed by atoms with Crippen LogP contribution in [0.5, 0.6) is 5.75 Å². The van der Waals surface area contributed by atoms with E-state index in [2.05, 4.69) is 21.3 Å². The topological polar surface area (TPSA) is 279 Å². The molecule has 0 saturated carbocycles. The number of non-ortho nitro benzene ring substituents is 2. The lowest BCUT2D eigenvalue weighted by Crippen LogP contribution is -2.42. The van der Waals surface area contributed by atoms with Crippen LogP contribution in [-0.4, -0.2) is 106 Å². The lowest BCUT2D eigenvalue weighted by molar-refractivity contribution is -0.385. The number of nitrogens with one attached hydrogen (secondary N) is 4. The number of carbonyl (C=O) groups excluding carboxylic acids is 3. The van der Waals surface area contributed by atoms with Crippen LogP contribution in [0.25, 0.3) is 0 Å². The summed E-state index contributed by atoms with van der Waals surface area (Å²) in [6.07, 6.45) is 2.57. The Morgan fingerprint density at radius 2 is 1.00 bits per heavy atom. The summed E-state index contributed by atoms with van der Waals surface area (Å²) in [7, 11) is -4.36. The van der Waals surface area contributed by atoms with Crippen LogP contribution in [-0.2, 0) is 37.9 Å². The van der Waals surface area contributed by atoms with Crippen LogP contribution >= 0.6 is 22.7 Å². The van der Waals surface area contributed by atoms with Crippen molar-refractivity contribution in [2.75, 3.05) is 51.0 Å². The molecule has 6 aromatic rings. The molecule has 4 heterocycles. The van der Waals surface area contributed by atoms with E-state index >= 15 is 0 Å². The standard InChI is InChI=1S/C25H26N4O7S2.C24H26N4O6S2/c1-36-25(31)18-3-2-4-20(15-18)27-19-11-13-28(14-12-19)38(34,35)23-10-9-22(37-23)16-26-24(30)17-5-7-21(8-6-17)29(32)33;1-34-21-4-2-3-19(15-21)26-18-11-13-27(14-12-18)36(32,33)23-10-9-22(35-23)16-25-24(29)17-5-7-20(8-6-17)28(30)31/h2-10,15,19,27H,11-14,16H2,1H3,(H,26,30);2-10,15,18,26H,11-14,16H2,1H3,(H,25,29). The number of amides is 2. The molecule has 0 radical (unpaired) electrons. The lowest BCUT2D eigenvalue weighted by Gasteiger charge is -2.31. The van der Waals surface area contributed by atoms with Crippen molar-refractivity contribution >= 4 is 83.3 Å². The van der Waals surface area contributed by atoms with Gasteiger partial charge >= 0.3 is 5.97 Å². The van der Waals surface area contributed by atoms with Gasteiger partial charge in [0.05, 0.1) is 42.7 Å². The Bertz CT molecular complexity index is 3190. The molecule has 25 heteroatoms. The Kier molecular flexibility index (Phi) is 18.1. The number of hydrogen-bond donors (Lipinski definition) is 4. The molecule has 0 bridgehead atoms. The molecule has 0 spiro atoms. The van der Waals surface area contributed by atoms with Crippen LogP contribution in [0.3, 0.4) is 0 Å². The largest absolute Gasteiger partial charge is 0.497 e. The Morgan fingerprint density at radius 3 is 1.41 bits per heavy atom. The summed E-state index contributed by atoms with van der Waals surface area (Å²) in [5.41, 5.74) is 2.50. The second-order valence-corrected chi connectivity index (χ2v) is 23.5. The van der Waals surface area contributed by atoms with Crippen molar-refractivity contribution in [3.05, 3.63) is 168 Å². The third-order valence-electron chi connectivity index (χ3n) is 12.0. The first kappa shape index (κ1) is 54.5. The average Bonchev–Trinajstić information content (AvgIpc) is 4.12. The smallest absolute Gasteiger partial charge is 0.337 e. The third kappa shape index (κ3) is 14.1. The van der Waals surface area contributed by atoms with E-state index in [1.807, 2.05) is 30.3 Å². The highest BCUT2D eigenvalue weighted by Gasteiger charge is 2.32. The number of nitro benzene ring substituents is 2. The molecule has 4 aromatic carbocycles. The monoisotopic (exact) mass is 1090 g/mol. The molecule has 2 fully saturated rings. The van der Waals surface area contributed by atoms with Crippen molar-refractivity contribution in [3.8, 4) is 5.75 Å². The second-order valence-electron chi connectivity index (χ2n) is 16.9. The van der Waals surface area contributed by atoms with Crippen molar-refractivity contribution in [1.29, 1.82) is 0 Å². The van der Waals surface area contributed by atoms with Gasteiger partial charge in [0.25, 0.3) is 43.2 Å². The van der Waals surface area contributed by atoms with Crippen LogP contribution in [0.4, 0.5) is 22.7 Å². The van der Waals surface area contributed by atoms with Crippen LogP contribution < -0.4 is 26.0 Å². The van der Waals surface area contributed by atoms with E-state index in [4.69, 9.17) is 9.47 Å². The normalized spacial score (nSPS) is 14.7. The zero-order chi connectivity index (χ0) is 53.0. The number of piperidine rings is 2. The van der Waals surface area contributed by atoms with Gasteiger partial charge in [0.2, 0.25) is 0 Å². The van der Waals surface area contributed by atoms with E-state index < -0.39 is 47.7 Å². The van der Waals surface area contributed by atoms with Crippen molar-refractivity contribution < 1.29 is 50.5 Å². The quantitative estimate of drug-likeness (QED) is 0.0368. The molecule has 0 aliphatic carbocycles. The minimum absolute atomic E-state index is 0.0582. The van der Waals surface area contributed by atoms with E-state index in [-0.39, 0.29) is 56.1 Å². The Labute approximate surface area is 434 Å². The molecule has 4 N–H and O–H groups in total. The average molecular weight is 1090 g/mol. The van der Waals surface area contributed by atoms with Gasteiger partial charge in [-0.25, -0.2) is 21.6 Å². The van der Waals surface area contributed by atoms with Gasteiger partial charge in [-0.2, -0.15) is 8.61 Å². The number of carbonyl (C=O) groups is 3. The number of hydrogen-bond acceptors (Lipinski definition) is 17. The van der Waals surface area contributed by atoms with Gasteiger partial charge in [-0.3, -0.25) is 29.8 Å². The third-order valence-corrected chi connectivity index (χ3v) is 18.9. The molecule has 2 aliphatic heterocycles. The van der Waals surface area contributed by atoms with Gasteiger partial charge in [-0.05, 0) is 105 Å². The van der Waals surface area contributed by atoms with Gasteiger partial charge in [-0.15, -0.1) is 22.7 Å². The molecular weight excluding hydrogens is 1040 g/mol. The Hall–Kier alpha value is -7.29. The van der Waals surface area contributed by atoms with Gasteiger partial charge in [0.1, 0.15) is 14.2 Å². The van der Waals surface area contributed by atoms with E-state index in [0.717, 1.165) is 39.8 Å². The molecule has 21 nitrogen and oxygen atoms in total. The van der Waals surface area contributed by atoms with E-state index in [1.54, 1.807) is 43.5 Å². The first-order valence-electron chi connectivity index (χ1n) is 23.0. The number of anilines is 2. The zero-order valence-corrected chi connectivity index (χ0v) is 43.3. The minimum atomic E-state index is -3.68. The summed E-state index contributed by atoms with van der Waals surface area (Å²) in [4.78, 5) is 58.2. The Balaban J connectivity index is 0.000000217. The molecule has 390 valence electrons. The molecule has 0 atom stereocenters. The van der Waals surface area contributed by atoms with Crippen LogP contribution in [0.1, 0.15) is 66.5 Å². The molecule has 2 aromatic heterocycles. The maximum atomic E-state index is 13.2. The van der Waals surface area contributed by atoms with Gasteiger partial charge in [-0.1, -0.05) is 12.1 Å². The predicted molar refractivity (Wildman–Crippen MR) is 279 cm³/mol. The fourth-order valence-corrected chi connectivity index (χ4v) is 13.8. The summed E-state index contributed by atoms with van der Waals surface area (Å²) in [5, 5.41) is 33.8. The highest BCUT2D eigenvalue weighted by Crippen LogP contribution is 2.30. The van der Waals surface area contributed by atoms with Crippen molar-refractivity contribution in [1.82, 2.24) is 19.2 Å². The minimum Gasteiger partial charge on any atom is -0.497 e. The molecule has 0 unspecified atom stereocenters. The predicted octanol–water partition coefficient (Wildman–Crippen LogP) is 7.50. The number of nitro groups is 2. The fourth-order valence-electron chi connectivity index (χ4n) is 7.97. The van der Waals surface area contributed by atoms with Crippen LogP contribution in [0, 0.1) is 20.2 Å². The van der Waals surface area contributed by atoms with E-state index in [0.29, 0.717) is 67.2 Å². The number of rotatable bonds is 18. The number of sulfonamides is 2. The maximum absolute atomic E-state index is 13.2. The summed E-state index contributed by atoms with van der Waals surface area (Å²) in [6.45, 7) is 1.80. The molecular formula is C49H52N8O13S4. The summed E-state index contributed by atoms with van der Waals surface area (Å²) in [6, 6.07) is 31.8. The maximum Gasteiger partial charge on any atom is 0.337 e. The SMILES string of the molecule is COC(=O)c1cccc(NC2CCN(S(=O)(=O)c3ccc(CNC(=O)c4ccc([N+](=O)[O-])cc4)s3)CC2)c1.COc1cccc(NC2CCN(S(=O)(=O)c3ccc(CNC(=O)c4ccc([N+](=O)[O-])cc4)s3)CC2)c1. The van der Waals surface area contributed by atoms with Crippen LogP contribution in [0.15, 0.2) is 130 Å². The van der Waals surface area contributed by atoms with Gasteiger partial charge in [0, 0.05) is 101 Å². The zero-order valence-electron chi connectivity index (χ0n) is 40.0. The summed E-state index contributed by atoms with van der Waals surface area (Å²) in [5.74, 6) is -0.467. The molecule has 74 heavy (non-hydrogen) atoms. The lowest BCUT2D eigenvalue weighted by atomic mass is 10.1. The number of esters is 1. The van der Waals surface area contributed by atoms with Gasteiger partial charge < -0.3 is 30.7 Å². The summed E-state index contributed by atoms with van der Waals surface area (Å²) < 4.78 is 66.1. The first-order chi connectivity index (χ1) is 35.4. The number of nitrogens with zero attached hydrogens (tertiary/aromatic N) is 4. The molecule has 2 aliphatic rings. The van der Waals surface area contributed by atoms with E-state index in [9.17, 15) is 51.4 Å². The molecule has 2 saturated heterocycles. The number of methoxy groups -OCH3 is 2. The number of benzene rings is 4. The fraction of sp³-hybridized carbons (Fsp3) is 0.286. The van der Waals surface area contributed by atoms with Crippen molar-refractivity contribution in [2.24, 2.45) is 0 Å². The second kappa shape index (κ2) is 24.6. The number of thiophene rings is 2. The van der Waals surface area contributed by atoms with Crippen molar-refractivity contribution in [2.45, 2.75) is 59.3 Å². The van der Waals surface area contributed by atoms with Crippen molar-refractivity contribution in [3.63, 3.8) is 0 Å². The van der Waals surface area contributed by atoms with Gasteiger partial charge in [0.15, 0.2) is 0 Å². The number of ether oxygens (including phenoxy) is 2. The van der Waals surface area contributed by atoms with E-state index in [1.165, 1.54) is 70.3 Å². The Morgan fingerprint density at radius 1 is 0.581 bits per heavy atom.